The Morgan fingerprint density at radius 1 is 1.46 bits per heavy atom. The highest BCUT2D eigenvalue weighted by Gasteiger charge is 2.18. The maximum absolute atomic E-state index is 11.1. The minimum Gasteiger partial charge on any atom is -0.301 e. The lowest BCUT2D eigenvalue weighted by molar-refractivity contribution is -0.121. The van der Waals surface area contributed by atoms with E-state index in [1.54, 1.807) is 6.26 Å². The van der Waals surface area contributed by atoms with Gasteiger partial charge in [-0.3, -0.25) is 9.00 Å². The lowest BCUT2D eigenvalue weighted by Crippen LogP contribution is -2.39. The molecule has 0 aromatic rings. The van der Waals surface area contributed by atoms with E-state index in [2.05, 4.69) is 4.90 Å². The predicted molar refractivity (Wildman–Crippen MR) is 54.2 cm³/mol. The first-order valence-electron chi connectivity index (χ1n) is 4.66. The van der Waals surface area contributed by atoms with Gasteiger partial charge in [0.1, 0.15) is 5.78 Å². The summed E-state index contributed by atoms with van der Waals surface area (Å²) in [6, 6.07) is 0. The lowest BCUT2D eigenvalue weighted by atomic mass is 10.1. The number of Topliss-reactive ketones (excluding diaryl/α,β-unsaturated/α-hetero) is 1. The monoisotopic (exact) mass is 203 g/mol. The van der Waals surface area contributed by atoms with Crippen molar-refractivity contribution in [1.29, 1.82) is 0 Å². The average Bonchev–Trinajstić information content (AvgIpc) is 2.08. The molecule has 0 N–H and O–H groups in total. The first-order valence-corrected chi connectivity index (χ1v) is 6.28. The Bertz CT molecular complexity index is 208. The van der Waals surface area contributed by atoms with Gasteiger partial charge in [0.05, 0.1) is 0 Å². The van der Waals surface area contributed by atoms with Crippen LogP contribution in [0.25, 0.3) is 0 Å². The summed E-state index contributed by atoms with van der Waals surface area (Å²) in [7, 11) is -0.747. The summed E-state index contributed by atoms with van der Waals surface area (Å²) in [5.41, 5.74) is 0. The van der Waals surface area contributed by atoms with Crippen LogP contribution < -0.4 is 0 Å². The Balaban J connectivity index is 2.30. The number of ketones is 1. The molecule has 76 valence electrons. The molecule has 4 heteroatoms. The Morgan fingerprint density at radius 2 is 2.00 bits per heavy atom. The molecular weight excluding hydrogens is 186 g/mol. The summed E-state index contributed by atoms with van der Waals surface area (Å²) in [6.45, 7) is 4.55. The van der Waals surface area contributed by atoms with Crippen molar-refractivity contribution in [2.75, 3.05) is 25.9 Å². The van der Waals surface area contributed by atoms with Gasteiger partial charge in [0.15, 0.2) is 0 Å². The van der Waals surface area contributed by atoms with E-state index < -0.39 is 10.8 Å². The van der Waals surface area contributed by atoms with Gasteiger partial charge in [-0.15, -0.1) is 0 Å². The smallest absolute Gasteiger partial charge is 0.135 e. The van der Waals surface area contributed by atoms with E-state index in [0.717, 1.165) is 19.6 Å². The van der Waals surface area contributed by atoms with Crippen molar-refractivity contribution in [3.05, 3.63) is 0 Å². The number of hydrogen-bond acceptors (Lipinski definition) is 3. The van der Waals surface area contributed by atoms with Gasteiger partial charge in [-0.05, 0) is 6.92 Å². The van der Waals surface area contributed by atoms with Gasteiger partial charge in [-0.2, -0.15) is 0 Å². The van der Waals surface area contributed by atoms with Crippen LogP contribution in [0.4, 0.5) is 0 Å². The van der Waals surface area contributed by atoms with Crippen LogP contribution in [-0.2, 0) is 15.6 Å². The largest absolute Gasteiger partial charge is 0.301 e. The van der Waals surface area contributed by atoms with E-state index in [-0.39, 0.29) is 5.25 Å². The fourth-order valence-corrected chi connectivity index (χ4v) is 1.87. The highest BCUT2D eigenvalue weighted by atomic mass is 32.2. The molecule has 0 aromatic heterocycles. The third kappa shape index (κ3) is 3.56. The van der Waals surface area contributed by atoms with E-state index >= 15 is 0 Å². The van der Waals surface area contributed by atoms with Crippen molar-refractivity contribution in [3.8, 4) is 0 Å². The minimum atomic E-state index is -0.747. The van der Waals surface area contributed by atoms with Crippen LogP contribution in [0.5, 0.6) is 0 Å². The fraction of sp³-hybridized carbons (Fsp3) is 0.889. The molecule has 0 aromatic carbocycles. The quantitative estimate of drug-likeness (QED) is 0.667. The molecule has 1 fully saturated rings. The molecule has 2 atom stereocenters. The maximum atomic E-state index is 11.1. The molecule has 1 saturated heterocycles. The summed E-state index contributed by atoms with van der Waals surface area (Å²) >= 11 is 0. The average molecular weight is 203 g/mol. The van der Waals surface area contributed by atoms with Gasteiger partial charge in [-0.1, -0.05) is 0 Å². The van der Waals surface area contributed by atoms with E-state index in [9.17, 15) is 9.00 Å². The van der Waals surface area contributed by atoms with Crippen LogP contribution in [0.2, 0.25) is 0 Å². The van der Waals surface area contributed by atoms with Gasteiger partial charge in [0.25, 0.3) is 0 Å². The van der Waals surface area contributed by atoms with Crippen LogP contribution in [-0.4, -0.2) is 46.0 Å². The second-order valence-corrected chi connectivity index (χ2v) is 5.45. The van der Waals surface area contributed by atoms with E-state index in [0.29, 0.717) is 18.6 Å². The molecule has 1 rings (SSSR count). The van der Waals surface area contributed by atoms with Gasteiger partial charge in [0, 0.05) is 54.8 Å². The molecule has 0 amide bonds. The molecule has 0 radical (unpaired) electrons. The summed E-state index contributed by atoms with van der Waals surface area (Å²) in [5.74, 6) is 0.363. The molecule has 0 saturated carbocycles. The molecule has 1 aliphatic rings. The topological polar surface area (TPSA) is 37.4 Å². The fourth-order valence-electron chi connectivity index (χ4n) is 1.45. The lowest BCUT2D eigenvalue weighted by Gasteiger charge is -2.27. The highest BCUT2D eigenvalue weighted by molar-refractivity contribution is 7.84. The number of piperidine rings is 1. The molecule has 0 aliphatic carbocycles. The maximum Gasteiger partial charge on any atom is 0.135 e. The molecule has 3 nitrogen and oxygen atoms in total. The van der Waals surface area contributed by atoms with Crippen molar-refractivity contribution >= 4 is 16.6 Å². The van der Waals surface area contributed by atoms with E-state index in [1.807, 2.05) is 6.92 Å². The molecule has 1 heterocycles. The Hall–Kier alpha value is -0.220. The number of hydrogen-bond donors (Lipinski definition) is 0. The number of rotatable bonds is 3. The van der Waals surface area contributed by atoms with Crippen LogP contribution >= 0.6 is 0 Å². The normalized spacial score (nSPS) is 24.3. The Morgan fingerprint density at radius 3 is 2.46 bits per heavy atom. The van der Waals surface area contributed by atoms with E-state index in [4.69, 9.17) is 0 Å². The van der Waals surface area contributed by atoms with Crippen LogP contribution in [0.1, 0.15) is 19.8 Å². The minimum absolute atomic E-state index is 0.216. The number of carbonyl (C=O) groups is 1. The Kier molecular flexibility index (Phi) is 4.06. The number of likely N-dealkylation sites (tertiary alicyclic amines) is 1. The molecule has 13 heavy (non-hydrogen) atoms. The molecule has 2 unspecified atom stereocenters. The number of carbonyl (C=O) groups excluding carboxylic acids is 1. The predicted octanol–water partition coefficient (Wildman–Crippen LogP) is 0.418. The summed E-state index contributed by atoms with van der Waals surface area (Å²) in [4.78, 5) is 13.2. The zero-order valence-corrected chi connectivity index (χ0v) is 9.10. The molecule has 0 bridgehead atoms. The third-order valence-corrected chi connectivity index (χ3v) is 3.78. The van der Waals surface area contributed by atoms with Crippen LogP contribution in [0.15, 0.2) is 0 Å². The second kappa shape index (κ2) is 4.86. The van der Waals surface area contributed by atoms with E-state index in [1.165, 1.54) is 0 Å². The SMILES string of the molecule is CC(CN1CCC(=O)CC1)S(C)=O. The van der Waals surface area contributed by atoms with Gasteiger partial charge in [-0.25, -0.2) is 0 Å². The van der Waals surface area contributed by atoms with Crippen LogP contribution in [0, 0.1) is 0 Å². The molecular formula is C9H17NO2S. The first kappa shape index (κ1) is 10.9. The van der Waals surface area contributed by atoms with Gasteiger partial charge in [0.2, 0.25) is 0 Å². The van der Waals surface area contributed by atoms with Gasteiger partial charge >= 0.3 is 0 Å². The number of nitrogens with zero attached hydrogens (tertiary/aromatic N) is 1. The van der Waals surface area contributed by atoms with Crippen molar-refractivity contribution in [2.45, 2.75) is 25.0 Å². The molecule has 0 spiro atoms. The van der Waals surface area contributed by atoms with Crippen molar-refractivity contribution in [3.63, 3.8) is 0 Å². The van der Waals surface area contributed by atoms with Crippen molar-refractivity contribution in [2.24, 2.45) is 0 Å². The summed E-state index contributed by atoms with van der Waals surface area (Å²) < 4.78 is 11.1. The zero-order valence-electron chi connectivity index (χ0n) is 8.28. The van der Waals surface area contributed by atoms with Gasteiger partial charge < -0.3 is 4.90 Å². The second-order valence-electron chi connectivity index (χ2n) is 3.65. The van der Waals surface area contributed by atoms with Crippen molar-refractivity contribution < 1.29 is 9.00 Å². The third-order valence-electron chi connectivity index (χ3n) is 2.50. The van der Waals surface area contributed by atoms with Crippen molar-refractivity contribution in [1.82, 2.24) is 4.90 Å². The highest BCUT2D eigenvalue weighted by Crippen LogP contribution is 2.07. The molecule has 1 aliphatic heterocycles. The summed E-state index contributed by atoms with van der Waals surface area (Å²) in [6.07, 6.45) is 3.08. The van der Waals surface area contributed by atoms with Crippen LogP contribution in [0.3, 0.4) is 0 Å². The zero-order chi connectivity index (χ0) is 9.84. The Labute approximate surface area is 81.9 Å². The summed E-state index contributed by atoms with van der Waals surface area (Å²) in [5, 5.41) is 0.216. The standard InChI is InChI=1S/C9H17NO2S/c1-8(13(2)12)7-10-5-3-9(11)4-6-10/h8H,3-7H2,1-2H3. The first-order chi connectivity index (χ1) is 6.09.